The van der Waals surface area contributed by atoms with Crippen LogP contribution < -0.4 is 5.32 Å². The molecule has 0 aromatic heterocycles. The molecule has 2 fully saturated rings. The highest BCUT2D eigenvalue weighted by atomic mass is 16.3. The number of nitrogens with one attached hydrogen (secondary N) is 1. The molecule has 0 bridgehead atoms. The monoisotopic (exact) mass is 312 g/mol. The van der Waals surface area contributed by atoms with E-state index in [0.717, 1.165) is 58.8 Å². The zero-order chi connectivity index (χ0) is 15.9. The van der Waals surface area contributed by atoms with E-state index < -0.39 is 0 Å². The van der Waals surface area contributed by atoms with Crippen molar-refractivity contribution in [1.29, 1.82) is 0 Å². The minimum atomic E-state index is 0.221. The SMILES string of the molecule is CC(C)CN1CCN(CC(=O)N2CCNCC2)CC1CCO. The van der Waals surface area contributed by atoms with Crippen molar-refractivity contribution in [1.82, 2.24) is 20.0 Å². The lowest BCUT2D eigenvalue weighted by atomic mass is 10.1. The van der Waals surface area contributed by atoms with Crippen LogP contribution in [-0.2, 0) is 4.79 Å². The van der Waals surface area contributed by atoms with Gasteiger partial charge < -0.3 is 15.3 Å². The summed E-state index contributed by atoms with van der Waals surface area (Å²) in [7, 11) is 0. The molecule has 22 heavy (non-hydrogen) atoms. The maximum Gasteiger partial charge on any atom is 0.236 e. The highest BCUT2D eigenvalue weighted by Crippen LogP contribution is 2.15. The summed E-state index contributed by atoms with van der Waals surface area (Å²) in [5.41, 5.74) is 0. The van der Waals surface area contributed by atoms with Crippen LogP contribution in [0.3, 0.4) is 0 Å². The second kappa shape index (κ2) is 8.82. The van der Waals surface area contributed by atoms with Crippen LogP contribution in [0.5, 0.6) is 0 Å². The molecule has 0 radical (unpaired) electrons. The Kier molecular flexibility index (Phi) is 7.08. The number of aliphatic hydroxyl groups excluding tert-OH is 1. The molecule has 2 heterocycles. The Hall–Kier alpha value is -0.690. The van der Waals surface area contributed by atoms with Crippen molar-refractivity contribution in [3.63, 3.8) is 0 Å². The van der Waals surface area contributed by atoms with Crippen LogP contribution >= 0.6 is 0 Å². The van der Waals surface area contributed by atoms with Crippen molar-refractivity contribution in [2.24, 2.45) is 5.92 Å². The van der Waals surface area contributed by atoms with Gasteiger partial charge in [0.1, 0.15) is 0 Å². The minimum absolute atomic E-state index is 0.221. The molecule has 1 amide bonds. The Morgan fingerprint density at radius 1 is 1.23 bits per heavy atom. The third-order valence-electron chi connectivity index (χ3n) is 4.58. The summed E-state index contributed by atoms with van der Waals surface area (Å²) in [4.78, 5) is 19.1. The van der Waals surface area contributed by atoms with E-state index in [-0.39, 0.29) is 12.5 Å². The third kappa shape index (κ3) is 5.19. The van der Waals surface area contributed by atoms with Gasteiger partial charge in [0.05, 0.1) is 6.54 Å². The standard InChI is InChI=1S/C16H32N4O2/c1-14(2)11-20-9-8-18(12-15(20)3-10-21)13-16(22)19-6-4-17-5-7-19/h14-15,17,21H,3-13H2,1-2H3. The van der Waals surface area contributed by atoms with E-state index in [4.69, 9.17) is 0 Å². The Morgan fingerprint density at radius 3 is 2.59 bits per heavy atom. The zero-order valence-corrected chi connectivity index (χ0v) is 14.1. The predicted octanol–water partition coefficient (Wildman–Crippen LogP) is -0.557. The molecule has 0 spiro atoms. The Labute approximate surface area is 134 Å². The summed E-state index contributed by atoms with van der Waals surface area (Å²) >= 11 is 0. The molecule has 2 rings (SSSR count). The summed E-state index contributed by atoms with van der Waals surface area (Å²) in [5, 5.41) is 12.6. The van der Waals surface area contributed by atoms with Gasteiger partial charge in [-0.15, -0.1) is 0 Å². The molecular weight excluding hydrogens is 280 g/mol. The molecule has 2 N–H and O–H groups in total. The van der Waals surface area contributed by atoms with Crippen LogP contribution in [0.15, 0.2) is 0 Å². The Morgan fingerprint density at radius 2 is 1.95 bits per heavy atom. The number of rotatable bonds is 6. The molecule has 1 atom stereocenters. The quantitative estimate of drug-likeness (QED) is 0.689. The fourth-order valence-corrected chi connectivity index (χ4v) is 3.44. The fourth-order valence-electron chi connectivity index (χ4n) is 3.44. The molecule has 0 aliphatic carbocycles. The first kappa shape index (κ1) is 17.7. The van der Waals surface area contributed by atoms with E-state index >= 15 is 0 Å². The van der Waals surface area contributed by atoms with Gasteiger partial charge in [0.2, 0.25) is 5.91 Å². The first-order chi connectivity index (χ1) is 10.6. The topological polar surface area (TPSA) is 59.0 Å². The van der Waals surface area contributed by atoms with Crippen LogP contribution in [-0.4, -0.2) is 97.3 Å². The van der Waals surface area contributed by atoms with E-state index in [1.54, 1.807) is 0 Å². The number of carbonyl (C=O) groups is 1. The maximum absolute atomic E-state index is 12.4. The van der Waals surface area contributed by atoms with Crippen LogP contribution in [0.4, 0.5) is 0 Å². The summed E-state index contributed by atoms with van der Waals surface area (Å²) in [6.07, 6.45) is 0.797. The van der Waals surface area contributed by atoms with Crippen LogP contribution in [0.2, 0.25) is 0 Å². The van der Waals surface area contributed by atoms with Crippen LogP contribution in [0.1, 0.15) is 20.3 Å². The summed E-state index contributed by atoms with van der Waals surface area (Å²) in [6.45, 7) is 12.6. The number of amides is 1. The third-order valence-corrected chi connectivity index (χ3v) is 4.58. The first-order valence-corrected chi connectivity index (χ1v) is 8.66. The highest BCUT2D eigenvalue weighted by molar-refractivity contribution is 5.78. The summed E-state index contributed by atoms with van der Waals surface area (Å²) < 4.78 is 0. The van der Waals surface area contributed by atoms with Gasteiger partial charge in [0.25, 0.3) is 0 Å². The second-order valence-electron chi connectivity index (χ2n) is 6.92. The molecular formula is C16H32N4O2. The summed E-state index contributed by atoms with van der Waals surface area (Å²) in [6, 6.07) is 0.372. The molecule has 1 unspecified atom stereocenters. The largest absolute Gasteiger partial charge is 0.396 e. The fraction of sp³-hybridized carbons (Fsp3) is 0.938. The average Bonchev–Trinajstić information content (AvgIpc) is 2.50. The van der Waals surface area contributed by atoms with Gasteiger partial charge in [-0.25, -0.2) is 0 Å². The molecule has 2 aliphatic rings. The van der Waals surface area contributed by atoms with Gasteiger partial charge in [-0.05, 0) is 12.3 Å². The second-order valence-corrected chi connectivity index (χ2v) is 6.92. The average molecular weight is 312 g/mol. The number of hydrogen-bond donors (Lipinski definition) is 2. The van der Waals surface area contributed by atoms with E-state index in [0.29, 0.717) is 18.5 Å². The number of piperazine rings is 2. The van der Waals surface area contributed by atoms with Gasteiger partial charge in [-0.1, -0.05) is 13.8 Å². The molecule has 0 aromatic rings. The Bertz CT molecular complexity index is 345. The van der Waals surface area contributed by atoms with E-state index in [9.17, 15) is 9.90 Å². The van der Waals surface area contributed by atoms with Gasteiger partial charge in [-0.2, -0.15) is 0 Å². The van der Waals surface area contributed by atoms with E-state index in [1.807, 2.05) is 4.90 Å². The van der Waals surface area contributed by atoms with E-state index in [2.05, 4.69) is 29.0 Å². The van der Waals surface area contributed by atoms with Crippen molar-refractivity contribution in [2.45, 2.75) is 26.3 Å². The van der Waals surface area contributed by atoms with Crippen molar-refractivity contribution < 1.29 is 9.90 Å². The molecule has 6 nitrogen and oxygen atoms in total. The number of carbonyl (C=O) groups excluding carboxylic acids is 1. The molecule has 2 saturated heterocycles. The van der Waals surface area contributed by atoms with Crippen LogP contribution in [0.25, 0.3) is 0 Å². The smallest absolute Gasteiger partial charge is 0.236 e. The van der Waals surface area contributed by atoms with Gasteiger partial charge in [-0.3, -0.25) is 14.6 Å². The van der Waals surface area contributed by atoms with E-state index in [1.165, 1.54) is 0 Å². The molecule has 0 saturated carbocycles. The van der Waals surface area contributed by atoms with Gasteiger partial charge >= 0.3 is 0 Å². The van der Waals surface area contributed by atoms with Gasteiger partial charge in [0, 0.05) is 65.0 Å². The first-order valence-electron chi connectivity index (χ1n) is 8.66. The highest BCUT2D eigenvalue weighted by Gasteiger charge is 2.29. The van der Waals surface area contributed by atoms with Crippen molar-refractivity contribution in [2.75, 3.05) is 65.5 Å². The number of nitrogens with zero attached hydrogens (tertiary/aromatic N) is 3. The molecule has 2 aliphatic heterocycles. The summed E-state index contributed by atoms with van der Waals surface area (Å²) in [5.74, 6) is 0.886. The molecule has 6 heteroatoms. The number of aliphatic hydroxyl groups is 1. The Balaban J connectivity index is 1.83. The van der Waals surface area contributed by atoms with Crippen molar-refractivity contribution in [3.8, 4) is 0 Å². The van der Waals surface area contributed by atoms with Gasteiger partial charge in [0.15, 0.2) is 0 Å². The van der Waals surface area contributed by atoms with Crippen molar-refractivity contribution >= 4 is 5.91 Å². The maximum atomic E-state index is 12.4. The number of hydrogen-bond acceptors (Lipinski definition) is 5. The van der Waals surface area contributed by atoms with Crippen LogP contribution in [0, 0.1) is 5.92 Å². The minimum Gasteiger partial charge on any atom is -0.396 e. The molecule has 128 valence electrons. The lowest BCUT2D eigenvalue weighted by molar-refractivity contribution is -0.133. The van der Waals surface area contributed by atoms with Crippen molar-refractivity contribution in [3.05, 3.63) is 0 Å². The lowest BCUT2D eigenvalue weighted by Crippen LogP contribution is -2.57. The zero-order valence-electron chi connectivity index (χ0n) is 14.1. The molecule has 0 aromatic carbocycles. The normalized spacial score (nSPS) is 24.9. The predicted molar refractivity (Wildman–Crippen MR) is 87.8 cm³/mol. The lowest BCUT2D eigenvalue weighted by Gasteiger charge is -2.42.